The Morgan fingerprint density at radius 2 is 1.80 bits per heavy atom. The number of nitrogen functional groups attached to an aromatic ring is 1. The van der Waals surface area contributed by atoms with Gasteiger partial charge in [-0.1, -0.05) is 25.0 Å². The summed E-state index contributed by atoms with van der Waals surface area (Å²) in [6.45, 7) is 1.47. The number of amides is 2. The van der Waals surface area contributed by atoms with Crippen molar-refractivity contribution in [3.63, 3.8) is 0 Å². The first-order chi connectivity index (χ1) is 14.5. The molecule has 1 aromatic carbocycles. The van der Waals surface area contributed by atoms with Crippen LogP contribution in [0.5, 0.6) is 0 Å². The Hall–Kier alpha value is -2.96. The molecule has 0 radical (unpaired) electrons. The summed E-state index contributed by atoms with van der Waals surface area (Å²) >= 11 is 0. The van der Waals surface area contributed by atoms with Crippen LogP contribution in [-0.2, 0) is 4.79 Å². The lowest BCUT2D eigenvalue weighted by molar-refractivity contribution is -0.133. The summed E-state index contributed by atoms with van der Waals surface area (Å²) < 4.78 is 0. The number of hydrogen-bond donors (Lipinski definition) is 2. The molecule has 2 heterocycles. The number of hydrogen-bond acceptors (Lipinski definition) is 5. The molecular formula is C23H29N5O2. The lowest BCUT2D eigenvalue weighted by atomic mass is 9.89. The number of carbonyl (C=O) groups is 2. The number of piperidine rings is 1. The van der Waals surface area contributed by atoms with Crippen molar-refractivity contribution in [3.8, 4) is 11.1 Å². The standard InChI is InChI=1S/C23H29N5O2/c24-22(30)17-9-7-16(8-10-17)19-13-26-23(25)27-21(19)18-6-3-11-28(14-18)20(29)12-15-4-1-2-5-15/h7-10,13,15,18H,1-6,11-12,14H2,(H2,24,30)(H2,25,26,27)/t18-/m1/s1. The Morgan fingerprint density at radius 3 is 2.50 bits per heavy atom. The van der Waals surface area contributed by atoms with Crippen LogP contribution >= 0.6 is 0 Å². The molecule has 0 spiro atoms. The van der Waals surface area contributed by atoms with E-state index in [9.17, 15) is 9.59 Å². The van der Waals surface area contributed by atoms with Crippen LogP contribution in [0, 0.1) is 5.92 Å². The summed E-state index contributed by atoms with van der Waals surface area (Å²) in [6.07, 6.45) is 9.16. The molecule has 4 N–H and O–H groups in total. The molecule has 158 valence electrons. The van der Waals surface area contributed by atoms with Gasteiger partial charge in [0.05, 0.1) is 5.69 Å². The highest BCUT2D eigenvalue weighted by atomic mass is 16.2. The zero-order chi connectivity index (χ0) is 21.1. The maximum Gasteiger partial charge on any atom is 0.248 e. The van der Waals surface area contributed by atoms with Crippen molar-refractivity contribution in [1.29, 1.82) is 0 Å². The zero-order valence-corrected chi connectivity index (χ0v) is 17.2. The highest BCUT2D eigenvalue weighted by molar-refractivity contribution is 5.93. The minimum Gasteiger partial charge on any atom is -0.368 e. The Balaban J connectivity index is 1.55. The van der Waals surface area contributed by atoms with Crippen LogP contribution < -0.4 is 11.5 Å². The molecule has 1 aromatic heterocycles. The third kappa shape index (κ3) is 4.45. The van der Waals surface area contributed by atoms with Crippen molar-refractivity contribution in [2.75, 3.05) is 18.8 Å². The van der Waals surface area contributed by atoms with E-state index in [1.165, 1.54) is 25.7 Å². The van der Waals surface area contributed by atoms with Crippen LogP contribution in [0.15, 0.2) is 30.5 Å². The first kappa shape index (κ1) is 20.3. The first-order valence-corrected chi connectivity index (χ1v) is 10.8. The summed E-state index contributed by atoms with van der Waals surface area (Å²) in [5.41, 5.74) is 14.4. The molecule has 2 aliphatic rings. The molecule has 7 nitrogen and oxygen atoms in total. The van der Waals surface area contributed by atoms with E-state index in [0.717, 1.165) is 36.2 Å². The molecule has 0 bridgehead atoms. The van der Waals surface area contributed by atoms with Crippen molar-refractivity contribution < 1.29 is 9.59 Å². The first-order valence-electron chi connectivity index (χ1n) is 10.8. The normalized spacial score (nSPS) is 19.7. The fraction of sp³-hybridized carbons (Fsp3) is 0.478. The van der Waals surface area contributed by atoms with Gasteiger partial charge in [-0.25, -0.2) is 9.97 Å². The second kappa shape index (κ2) is 8.81. The predicted molar refractivity (Wildman–Crippen MR) is 116 cm³/mol. The van der Waals surface area contributed by atoms with Crippen molar-refractivity contribution in [2.45, 2.75) is 50.9 Å². The van der Waals surface area contributed by atoms with Crippen molar-refractivity contribution in [1.82, 2.24) is 14.9 Å². The minimum absolute atomic E-state index is 0.113. The van der Waals surface area contributed by atoms with E-state index in [1.54, 1.807) is 18.3 Å². The number of rotatable bonds is 5. The fourth-order valence-electron chi connectivity index (χ4n) is 4.77. The van der Waals surface area contributed by atoms with Gasteiger partial charge in [-0.2, -0.15) is 0 Å². The Bertz CT molecular complexity index is 922. The van der Waals surface area contributed by atoms with Crippen LogP contribution in [0.4, 0.5) is 5.95 Å². The number of nitrogens with zero attached hydrogens (tertiary/aromatic N) is 3. The monoisotopic (exact) mass is 407 g/mol. The van der Waals surface area contributed by atoms with E-state index in [-0.39, 0.29) is 17.8 Å². The average molecular weight is 408 g/mol. The quantitative estimate of drug-likeness (QED) is 0.790. The molecule has 1 saturated heterocycles. The lowest BCUT2D eigenvalue weighted by Crippen LogP contribution is -2.40. The summed E-state index contributed by atoms with van der Waals surface area (Å²) in [4.78, 5) is 35.0. The van der Waals surface area contributed by atoms with Crippen LogP contribution in [0.3, 0.4) is 0 Å². The predicted octanol–water partition coefficient (Wildman–Crippen LogP) is 3.11. The Kier molecular flexibility index (Phi) is 5.97. The fourth-order valence-corrected chi connectivity index (χ4v) is 4.77. The third-order valence-electron chi connectivity index (χ3n) is 6.42. The smallest absolute Gasteiger partial charge is 0.248 e. The number of benzene rings is 1. The number of carbonyl (C=O) groups excluding carboxylic acids is 2. The minimum atomic E-state index is -0.459. The molecular weight excluding hydrogens is 378 g/mol. The van der Waals surface area contributed by atoms with Crippen LogP contribution in [0.1, 0.15) is 66.9 Å². The molecule has 30 heavy (non-hydrogen) atoms. The van der Waals surface area contributed by atoms with E-state index < -0.39 is 5.91 Å². The highest BCUT2D eigenvalue weighted by Gasteiger charge is 2.29. The van der Waals surface area contributed by atoms with E-state index >= 15 is 0 Å². The maximum atomic E-state index is 12.9. The molecule has 2 aromatic rings. The van der Waals surface area contributed by atoms with Gasteiger partial charge in [0.25, 0.3) is 0 Å². The second-order valence-corrected chi connectivity index (χ2v) is 8.50. The molecule has 0 unspecified atom stereocenters. The van der Waals surface area contributed by atoms with Gasteiger partial charge in [-0.05, 0) is 49.3 Å². The van der Waals surface area contributed by atoms with E-state index in [2.05, 4.69) is 9.97 Å². The highest BCUT2D eigenvalue weighted by Crippen LogP contribution is 2.34. The SMILES string of the molecule is NC(=O)c1ccc(-c2cnc(N)nc2[C@@H]2CCCN(C(=O)CC3CCCC3)C2)cc1. The molecule has 2 fully saturated rings. The number of nitrogens with two attached hydrogens (primary N) is 2. The number of aromatic nitrogens is 2. The summed E-state index contributed by atoms with van der Waals surface area (Å²) in [6, 6.07) is 7.11. The van der Waals surface area contributed by atoms with Gasteiger partial charge in [0, 0.05) is 42.8 Å². The van der Waals surface area contributed by atoms with Gasteiger partial charge < -0.3 is 16.4 Å². The molecule has 1 aliphatic carbocycles. The number of anilines is 1. The summed E-state index contributed by atoms with van der Waals surface area (Å²) in [5.74, 6) is 0.700. The number of primary amides is 1. The Labute approximate surface area is 176 Å². The molecule has 1 saturated carbocycles. The molecule has 1 aliphatic heterocycles. The summed E-state index contributed by atoms with van der Waals surface area (Å²) in [7, 11) is 0. The average Bonchev–Trinajstić information content (AvgIpc) is 3.27. The van der Waals surface area contributed by atoms with Gasteiger partial charge in [0.1, 0.15) is 0 Å². The number of likely N-dealkylation sites (tertiary alicyclic amines) is 1. The summed E-state index contributed by atoms with van der Waals surface area (Å²) in [5, 5.41) is 0. The second-order valence-electron chi connectivity index (χ2n) is 8.50. The Morgan fingerprint density at radius 1 is 1.07 bits per heavy atom. The van der Waals surface area contributed by atoms with Gasteiger partial charge in [-0.15, -0.1) is 0 Å². The zero-order valence-electron chi connectivity index (χ0n) is 17.2. The van der Waals surface area contributed by atoms with Crippen LogP contribution in [-0.4, -0.2) is 39.8 Å². The topological polar surface area (TPSA) is 115 Å². The van der Waals surface area contributed by atoms with Crippen molar-refractivity contribution in [2.24, 2.45) is 11.7 Å². The molecule has 7 heteroatoms. The van der Waals surface area contributed by atoms with E-state index in [0.29, 0.717) is 24.4 Å². The van der Waals surface area contributed by atoms with Crippen molar-refractivity contribution >= 4 is 17.8 Å². The van der Waals surface area contributed by atoms with E-state index in [4.69, 9.17) is 11.5 Å². The van der Waals surface area contributed by atoms with Crippen LogP contribution in [0.2, 0.25) is 0 Å². The third-order valence-corrected chi connectivity index (χ3v) is 6.42. The van der Waals surface area contributed by atoms with Gasteiger partial charge in [0.2, 0.25) is 17.8 Å². The van der Waals surface area contributed by atoms with Gasteiger partial charge >= 0.3 is 0 Å². The van der Waals surface area contributed by atoms with E-state index in [1.807, 2.05) is 17.0 Å². The molecule has 2 amide bonds. The maximum absolute atomic E-state index is 12.9. The largest absolute Gasteiger partial charge is 0.368 e. The molecule has 1 atom stereocenters. The van der Waals surface area contributed by atoms with Gasteiger partial charge in [0.15, 0.2) is 0 Å². The van der Waals surface area contributed by atoms with Crippen molar-refractivity contribution in [3.05, 3.63) is 41.7 Å². The lowest BCUT2D eigenvalue weighted by Gasteiger charge is -2.34. The molecule has 4 rings (SSSR count). The van der Waals surface area contributed by atoms with Gasteiger partial charge in [-0.3, -0.25) is 9.59 Å². The van der Waals surface area contributed by atoms with Crippen LogP contribution in [0.25, 0.3) is 11.1 Å².